The molecule has 106 valence electrons. The number of hydrogen-bond acceptors (Lipinski definition) is 2. The van der Waals surface area contributed by atoms with Gasteiger partial charge in [0.05, 0.1) is 0 Å². The van der Waals surface area contributed by atoms with Gasteiger partial charge in [-0.1, -0.05) is 44.2 Å². The van der Waals surface area contributed by atoms with Crippen molar-refractivity contribution in [1.82, 2.24) is 5.32 Å². The average Bonchev–Trinajstić information content (AvgIpc) is 2.49. The molecule has 2 heteroatoms. The lowest BCUT2D eigenvalue weighted by Gasteiger charge is -2.18. The van der Waals surface area contributed by atoms with E-state index in [2.05, 4.69) is 37.4 Å². The van der Waals surface area contributed by atoms with Crippen LogP contribution in [0.5, 0.6) is 11.5 Å². The van der Waals surface area contributed by atoms with Crippen LogP contribution in [0.2, 0.25) is 0 Å². The SMILES string of the molecule is CCCNC(CC)c1cccc(Oc2ccccc2)c1. The maximum atomic E-state index is 5.89. The molecule has 0 heterocycles. The Labute approximate surface area is 121 Å². The van der Waals surface area contributed by atoms with Crippen molar-refractivity contribution in [3.05, 3.63) is 60.2 Å². The predicted molar refractivity (Wildman–Crippen MR) is 84.3 cm³/mol. The summed E-state index contributed by atoms with van der Waals surface area (Å²) in [6.45, 7) is 5.44. The number of rotatable bonds is 7. The fourth-order valence-corrected chi connectivity index (χ4v) is 2.24. The van der Waals surface area contributed by atoms with Gasteiger partial charge in [0.15, 0.2) is 0 Å². The van der Waals surface area contributed by atoms with Gasteiger partial charge in [-0.05, 0) is 49.2 Å². The summed E-state index contributed by atoms with van der Waals surface area (Å²) in [5, 5.41) is 3.57. The summed E-state index contributed by atoms with van der Waals surface area (Å²) in [5.41, 5.74) is 1.29. The standard InChI is InChI=1S/C18H23NO/c1-3-13-19-18(4-2)15-9-8-12-17(14-15)20-16-10-6-5-7-11-16/h5-12,14,18-19H,3-4,13H2,1-2H3. The smallest absolute Gasteiger partial charge is 0.127 e. The van der Waals surface area contributed by atoms with Gasteiger partial charge in [0.25, 0.3) is 0 Å². The molecule has 2 aromatic carbocycles. The van der Waals surface area contributed by atoms with E-state index < -0.39 is 0 Å². The van der Waals surface area contributed by atoms with Gasteiger partial charge in [-0.2, -0.15) is 0 Å². The summed E-state index contributed by atoms with van der Waals surface area (Å²) < 4.78 is 5.89. The fraction of sp³-hybridized carbons (Fsp3) is 0.333. The third-order valence-electron chi connectivity index (χ3n) is 3.29. The van der Waals surface area contributed by atoms with Gasteiger partial charge in [-0.25, -0.2) is 0 Å². The Morgan fingerprint density at radius 2 is 1.70 bits per heavy atom. The number of hydrogen-bond donors (Lipinski definition) is 1. The molecule has 0 amide bonds. The average molecular weight is 269 g/mol. The predicted octanol–water partition coefficient (Wildman–Crippen LogP) is 4.93. The van der Waals surface area contributed by atoms with Crippen LogP contribution < -0.4 is 10.1 Å². The van der Waals surface area contributed by atoms with E-state index >= 15 is 0 Å². The number of para-hydroxylation sites is 1. The Balaban J connectivity index is 2.10. The number of ether oxygens (including phenoxy) is 1. The molecule has 0 saturated carbocycles. The van der Waals surface area contributed by atoms with E-state index in [0.29, 0.717) is 6.04 Å². The van der Waals surface area contributed by atoms with E-state index in [1.807, 2.05) is 36.4 Å². The summed E-state index contributed by atoms with van der Waals surface area (Å²) in [6, 6.07) is 18.7. The molecule has 2 aromatic rings. The van der Waals surface area contributed by atoms with E-state index in [1.165, 1.54) is 5.56 Å². The summed E-state index contributed by atoms with van der Waals surface area (Å²) >= 11 is 0. The first-order valence-corrected chi connectivity index (χ1v) is 7.39. The van der Waals surface area contributed by atoms with Gasteiger partial charge >= 0.3 is 0 Å². The van der Waals surface area contributed by atoms with Crippen molar-refractivity contribution in [1.29, 1.82) is 0 Å². The summed E-state index contributed by atoms with van der Waals surface area (Å²) in [6.07, 6.45) is 2.23. The Kier molecular flexibility index (Phi) is 5.63. The molecule has 0 radical (unpaired) electrons. The van der Waals surface area contributed by atoms with Crippen LogP contribution in [-0.4, -0.2) is 6.54 Å². The third-order valence-corrected chi connectivity index (χ3v) is 3.29. The van der Waals surface area contributed by atoms with Gasteiger partial charge < -0.3 is 10.1 Å². The van der Waals surface area contributed by atoms with Crippen molar-refractivity contribution in [2.24, 2.45) is 0 Å². The summed E-state index contributed by atoms with van der Waals surface area (Å²) in [5.74, 6) is 1.77. The highest BCUT2D eigenvalue weighted by Gasteiger charge is 2.09. The van der Waals surface area contributed by atoms with E-state index in [-0.39, 0.29) is 0 Å². The Morgan fingerprint density at radius 1 is 0.950 bits per heavy atom. The third kappa shape index (κ3) is 4.10. The molecule has 1 unspecified atom stereocenters. The van der Waals surface area contributed by atoms with Crippen molar-refractivity contribution in [2.45, 2.75) is 32.7 Å². The van der Waals surface area contributed by atoms with Crippen molar-refractivity contribution in [3.63, 3.8) is 0 Å². The van der Waals surface area contributed by atoms with E-state index in [4.69, 9.17) is 4.74 Å². The monoisotopic (exact) mass is 269 g/mol. The van der Waals surface area contributed by atoms with Gasteiger partial charge in [0.1, 0.15) is 11.5 Å². The minimum atomic E-state index is 0.397. The molecule has 20 heavy (non-hydrogen) atoms. The van der Waals surface area contributed by atoms with E-state index in [0.717, 1.165) is 30.9 Å². The highest BCUT2D eigenvalue weighted by molar-refractivity contribution is 5.35. The lowest BCUT2D eigenvalue weighted by molar-refractivity contribution is 0.476. The molecule has 2 nitrogen and oxygen atoms in total. The molecule has 0 saturated heterocycles. The van der Waals surface area contributed by atoms with Crippen molar-refractivity contribution < 1.29 is 4.74 Å². The normalized spacial score (nSPS) is 12.1. The van der Waals surface area contributed by atoms with Crippen LogP contribution in [-0.2, 0) is 0 Å². The lowest BCUT2D eigenvalue weighted by atomic mass is 10.0. The van der Waals surface area contributed by atoms with E-state index in [1.54, 1.807) is 0 Å². The topological polar surface area (TPSA) is 21.3 Å². The second kappa shape index (κ2) is 7.71. The first kappa shape index (κ1) is 14.6. The maximum absolute atomic E-state index is 5.89. The zero-order valence-electron chi connectivity index (χ0n) is 12.3. The van der Waals surface area contributed by atoms with Crippen LogP contribution in [0.4, 0.5) is 0 Å². The number of benzene rings is 2. The quantitative estimate of drug-likeness (QED) is 0.769. The molecule has 0 aliphatic carbocycles. The van der Waals surface area contributed by atoms with Crippen LogP contribution in [0.1, 0.15) is 38.3 Å². The molecule has 0 aromatic heterocycles. The molecule has 1 atom stereocenters. The Bertz CT molecular complexity index is 510. The molecule has 2 rings (SSSR count). The second-order valence-electron chi connectivity index (χ2n) is 4.90. The highest BCUT2D eigenvalue weighted by Crippen LogP contribution is 2.25. The largest absolute Gasteiger partial charge is 0.457 e. The fourth-order valence-electron chi connectivity index (χ4n) is 2.24. The van der Waals surface area contributed by atoms with Gasteiger partial charge in [-0.3, -0.25) is 0 Å². The molecule has 0 fully saturated rings. The molecule has 0 aliphatic heterocycles. The minimum Gasteiger partial charge on any atom is -0.457 e. The lowest BCUT2D eigenvalue weighted by Crippen LogP contribution is -2.21. The van der Waals surface area contributed by atoms with Gasteiger partial charge in [0, 0.05) is 6.04 Å². The number of nitrogens with one attached hydrogen (secondary N) is 1. The first-order valence-electron chi connectivity index (χ1n) is 7.39. The van der Waals surface area contributed by atoms with E-state index in [9.17, 15) is 0 Å². The molecule has 1 N–H and O–H groups in total. The first-order chi connectivity index (χ1) is 9.83. The van der Waals surface area contributed by atoms with Crippen LogP contribution in [0, 0.1) is 0 Å². The maximum Gasteiger partial charge on any atom is 0.127 e. The van der Waals surface area contributed by atoms with Crippen molar-refractivity contribution in [2.75, 3.05) is 6.54 Å². The molecule has 0 aliphatic rings. The Morgan fingerprint density at radius 3 is 2.40 bits per heavy atom. The van der Waals surface area contributed by atoms with Crippen molar-refractivity contribution >= 4 is 0 Å². The van der Waals surface area contributed by atoms with Crippen LogP contribution >= 0.6 is 0 Å². The second-order valence-corrected chi connectivity index (χ2v) is 4.90. The molecule has 0 bridgehead atoms. The summed E-state index contributed by atoms with van der Waals surface area (Å²) in [7, 11) is 0. The molecular weight excluding hydrogens is 246 g/mol. The van der Waals surface area contributed by atoms with Crippen LogP contribution in [0.15, 0.2) is 54.6 Å². The zero-order valence-corrected chi connectivity index (χ0v) is 12.3. The molecular formula is C18H23NO. The van der Waals surface area contributed by atoms with Crippen molar-refractivity contribution in [3.8, 4) is 11.5 Å². The van der Waals surface area contributed by atoms with Gasteiger partial charge in [0.2, 0.25) is 0 Å². The van der Waals surface area contributed by atoms with Crippen LogP contribution in [0.25, 0.3) is 0 Å². The van der Waals surface area contributed by atoms with Crippen LogP contribution in [0.3, 0.4) is 0 Å². The highest BCUT2D eigenvalue weighted by atomic mass is 16.5. The molecule has 0 spiro atoms. The van der Waals surface area contributed by atoms with Gasteiger partial charge in [-0.15, -0.1) is 0 Å². The summed E-state index contributed by atoms with van der Waals surface area (Å²) in [4.78, 5) is 0. The minimum absolute atomic E-state index is 0.397. The zero-order chi connectivity index (χ0) is 14.2. The Hall–Kier alpha value is -1.80.